The van der Waals surface area contributed by atoms with Crippen molar-refractivity contribution >= 4 is 16.8 Å². The van der Waals surface area contributed by atoms with E-state index in [0.717, 1.165) is 37.9 Å². The highest BCUT2D eigenvalue weighted by Gasteiger charge is 2.25. The Bertz CT molecular complexity index is 881. The molecule has 5 heteroatoms. The molecule has 1 amide bonds. The van der Waals surface area contributed by atoms with E-state index in [0.29, 0.717) is 11.6 Å². The largest absolute Gasteiger partial charge is 0.337 e. The van der Waals surface area contributed by atoms with Gasteiger partial charge >= 0.3 is 0 Å². The summed E-state index contributed by atoms with van der Waals surface area (Å²) in [4.78, 5) is 27.2. The van der Waals surface area contributed by atoms with Gasteiger partial charge in [-0.15, -0.1) is 0 Å². The average molecular weight is 332 g/mol. The normalized spacial score (nSPS) is 17.6. The fraction of sp³-hybridized carbons (Fsp3) is 0.300. The van der Waals surface area contributed by atoms with Crippen molar-refractivity contribution in [2.45, 2.75) is 19.3 Å². The van der Waals surface area contributed by atoms with Crippen molar-refractivity contribution in [1.82, 2.24) is 19.9 Å². The van der Waals surface area contributed by atoms with Gasteiger partial charge in [-0.3, -0.25) is 14.8 Å². The lowest BCUT2D eigenvalue weighted by Crippen LogP contribution is -2.40. The lowest BCUT2D eigenvalue weighted by Gasteiger charge is -2.32. The third-order valence-electron chi connectivity index (χ3n) is 4.76. The molecule has 0 saturated carbocycles. The van der Waals surface area contributed by atoms with Crippen LogP contribution in [0.25, 0.3) is 10.9 Å². The summed E-state index contributed by atoms with van der Waals surface area (Å²) in [5, 5.41) is 1.17. The minimum atomic E-state index is -0.0190. The molecule has 4 rings (SSSR count). The average Bonchev–Trinajstić information content (AvgIpc) is 2.68. The topological polar surface area (TPSA) is 59.0 Å². The lowest BCUT2D eigenvalue weighted by atomic mass is 9.91. The number of likely N-dealkylation sites (tertiary alicyclic amines) is 1. The number of para-hydroxylation sites is 1. The smallest absolute Gasteiger partial charge is 0.274 e. The van der Waals surface area contributed by atoms with Crippen LogP contribution in [-0.2, 0) is 6.42 Å². The molecular weight excluding hydrogens is 312 g/mol. The molecule has 2 aromatic heterocycles. The van der Waals surface area contributed by atoms with Crippen LogP contribution in [0.3, 0.4) is 0 Å². The van der Waals surface area contributed by atoms with Crippen LogP contribution in [-0.4, -0.2) is 38.8 Å². The first-order chi connectivity index (χ1) is 12.3. The number of nitrogens with zero attached hydrogens (tertiary/aromatic N) is 4. The van der Waals surface area contributed by atoms with E-state index in [9.17, 15) is 4.79 Å². The third-order valence-corrected chi connectivity index (χ3v) is 4.76. The zero-order valence-electron chi connectivity index (χ0n) is 14.0. The van der Waals surface area contributed by atoms with Crippen molar-refractivity contribution < 1.29 is 4.79 Å². The molecular formula is C20H20N4O. The Hall–Kier alpha value is -2.82. The molecule has 1 aliphatic rings. The Labute approximate surface area is 146 Å². The second-order valence-electron chi connectivity index (χ2n) is 6.59. The van der Waals surface area contributed by atoms with Gasteiger partial charge in [-0.1, -0.05) is 18.2 Å². The molecule has 0 spiro atoms. The summed E-state index contributed by atoms with van der Waals surface area (Å²) in [6, 6.07) is 10.4. The molecule has 5 nitrogen and oxygen atoms in total. The van der Waals surface area contributed by atoms with Gasteiger partial charge in [-0.25, -0.2) is 4.98 Å². The minimum absolute atomic E-state index is 0.0190. The number of carbonyl (C=O) groups excluding carboxylic acids is 1. The Morgan fingerprint density at radius 2 is 2.08 bits per heavy atom. The van der Waals surface area contributed by atoms with Gasteiger partial charge in [0, 0.05) is 37.1 Å². The molecule has 25 heavy (non-hydrogen) atoms. The summed E-state index contributed by atoms with van der Waals surface area (Å²) in [6.45, 7) is 1.56. The van der Waals surface area contributed by atoms with Crippen molar-refractivity contribution in [1.29, 1.82) is 0 Å². The van der Waals surface area contributed by atoms with Gasteiger partial charge in [0.25, 0.3) is 5.91 Å². The van der Waals surface area contributed by atoms with Crippen LogP contribution < -0.4 is 0 Å². The molecule has 0 bridgehead atoms. The molecule has 0 aliphatic carbocycles. The quantitative estimate of drug-likeness (QED) is 0.739. The maximum atomic E-state index is 12.6. The Balaban J connectivity index is 1.46. The van der Waals surface area contributed by atoms with E-state index in [1.807, 2.05) is 29.3 Å². The fourth-order valence-corrected chi connectivity index (χ4v) is 3.55. The zero-order valence-corrected chi connectivity index (χ0v) is 14.0. The molecule has 3 heterocycles. The molecule has 126 valence electrons. The molecule has 3 aromatic rings. The van der Waals surface area contributed by atoms with E-state index in [4.69, 9.17) is 0 Å². The fourth-order valence-electron chi connectivity index (χ4n) is 3.55. The van der Waals surface area contributed by atoms with Crippen LogP contribution in [0.1, 0.15) is 28.9 Å². The molecule has 0 radical (unpaired) electrons. The van der Waals surface area contributed by atoms with E-state index in [1.165, 1.54) is 10.9 Å². The maximum Gasteiger partial charge on any atom is 0.274 e. The van der Waals surface area contributed by atoms with Gasteiger partial charge in [0.05, 0.1) is 11.7 Å². The van der Waals surface area contributed by atoms with Crippen molar-refractivity contribution in [2.75, 3.05) is 13.1 Å². The predicted octanol–water partition coefficient (Wildman–Crippen LogP) is 3.12. The summed E-state index contributed by atoms with van der Waals surface area (Å²) in [5.41, 5.74) is 2.68. The summed E-state index contributed by atoms with van der Waals surface area (Å²) in [7, 11) is 0. The lowest BCUT2D eigenvalue weighted by molar-refractivity contribution is 0.0667. The molecule has 1 atom stereocenters. The van der Waals surface area contributed by atoms with E-state index in [1.54, 1.807) is 18.6 Å². The predicted molar refractivity (Wildman–Crippen MR) is 96.1 cm³/mol. The second-order valence-corrected chi connectivity index (χ2v) is 6.59. The van der Waals surface area contributed by atoms with Crippen molar-refractivity contribution in [2.24, 2.45) is 5.92 Å². The van der Waals surface area contributed by atoms with Gasteiger partial charge in [-0.2, -0.15) is 0 Å². The second kappa shape index (κ2) is 6.97. The number of amides is 1. The van der Waals surface area contributed by atoms with E-state index >= 15 is 0 Å². The number of aromatic nitrogens is 3. The van der Waals surface area contributed by atoms with Crippen LogP contribution in [0.15, 0.2) is 55.1 Å². The van der Waals surface area contributed by atoms with E-state index in [-0.39, 0.29) is 5.91 Å². The van der Waals surface area contributed by atoms with Crippen molar-refractivity contribution in [3.05, 3.63) is 66.4 Å². The Morgan fingerprint density at radius 1 is 1.16 bits per heavy atom. The summed E-state index contributed by atoms with van der Waals surface area (Å²) >= 11 is 0. The first kappa shape index (κ1) is 15.7. The summed E-state index contributed by atoms with van der Waals surface area (Å²) in [5.74, 6) is 0.437. The molecule has 0 unspecified atom stereocenters. The van der Waals surface area contributed by atoms with E-state index < -0.39 is 0 Å². The number of hydrogen-bond acceptors (Lipinski definition) is 4. The molecule has 1 aromatic carbocycles. The summed E-state index contributed by atoms with van der Waals surface area (Å²) < 4.78 is 0. The molecule has 0 N–H and O–H groups in total. The Morgan fingerprint density at radius 3 is 2.96 bits per heavy atom. The number of piperidine rings is 1. The van der Waals surface area contributed by atoms with Crippen LogP contribution in [0.4, 0.5) is 0 Å². The standard InChI is InChI=1S/C20H20N4O/c25-20(19-13-21-7-8-22-19)24-9-3-4-15(14-24)10-16-11-17-5-1-2-6-18(17)23-12-16/h1-2,5-8,11-13,15H,3-4,9-10,14H2/t15-/m0/s1. The number of benzene rings is 1. The van der Waals surface area contributed by atoms with Crippen LogP contribution in [0, 0.1) is 5.92 Å². The first-order valence-electron chi connectivity index (χ1n) is 8.68. The van der Waals surface area contributed by atoms with Crippen molar-refractivity contribution in [3.8, 4) is 0 Å². The van der Waals surface area contributed by atoms with Gasteiger partial charge in [0.2, 0.25) is 0 Å². The number of pyridine rings is 1. The van der Waals surface area contributed by atoms with Gasteiger partial charge in [0.15, 0.2) is 0 Å². The van der Waals surface area contributed by atoms with Crippen LogP contribution in [0.5, 0.6) is 0 Å². The highest BCUT2D eigenvalue weighted by molar-refractivity contribution is 5.92. The highest BCUT2D eigenvalue weighted by atomic mass is 16.2. The number of rotatable bonds is 3. The SMILES string of the molecule is O=C(c1cnccn1)N1CCC[C@@H](Cc2cnc3ccccc3c2)C1. The van der Waals surface area contributed by atoms with E-state index in [2.05, 4.69) is 27.1 Å². The third kappa shape index (κ3) is 3.50. The number of carbonyl (C=O) groups is 1. The van der Waals surface area contributed by atoms with Gasteiger partial charge < -0.3 is 4.90 Å². The maximum absolute atomic E-state index is 12.6. The summed E-state index contributed by atoms with van der Waals surface area (Å²) in [6.07, 6.45) is 9.76. The first-order valence-corrected chi connectivity index (χ1v) is 8.68. The van der Waals surface area contributed by atoms with Crippen LogP contribution in [0.2, 0.25) is 0 Å². The highest BCUT2D eigenvalue weighted by Crippen LogP contribution is 2.23. The van der Waals surface area contributed by atoms with Gasteiger partial charge in [0.1, 0.15) is 5.69 Å². The molecule has 1 aliphatic heterocycles. The van der Waals surface area contributed by atoms with Crippen molar-refractivity contribution in [3.63, 3.8) is 0 Å². The monoisotopic (exact) mass is 332 g/mol. The van der Waals surface area contributed by atoms with Crippen LogP contribution >= 0.6 is 0 Å². The zero-order chi connectivity index (χ0) is 17.1. The minimum Gasteiger partial charge on any atom is -0.337 e. The van der Waals surface area contributed by atoms with Gasteiger partial charge in [-0.05, 0) is 42.9 Å². The number of fused-ring (bicyclic) bond motifs is 1. The molecule has 1 saturated heterocycles. The number of hydrogen-bond donors (Lipinski definition) is 0. The molecule has 1 fully saturated rings. The Kier molecular flexibility index (Phi) is 4.37.